The maximum absolute atomic E-state index is 13.0. The lowest BCUT2D eigenvalue weighted by atomic mass is 10.0. The molecule has 1 fully saturated rings. The van der Waals surface area contributed by atoms with Gasteiger partial charge in [0.15, 0.2) is 9.84 Å². The minimum Gasteiger partial charge on any atom is -0.395 e. The van der Waals surface area contributed by atoms with Crippen molar-refractivity contribution < 1.29 is 13.5 Å². The summed E-state index contributed by atoms with van der Waals surface area (Å²) in [5.74, 6) is -0.568. The molecule has 0 spiro atoms. The van der Waals surface area contributed by atoms with E-state index in [4.69, 9.17) is 11.6 Å². The zero-order valence-corrected chi connectivity index (χ0v) is 15.5. The van der Waals surface area contributed by atoms with Crippen LogP contribution in [-0.4, -0.2) is 25.4 Å². The molecule has 3 rings (SSSR count). The van der Waals surface area contributed by atoms with Crippen LogP contribution in [0.3, 0.4) is 0 Å². The molecule has 1 saturated carbocycles. The summed E-state index contributed by atoms with van der Waals surface area (Å²) in [5, 5.41) is 18.8. The lowest BCUT2D eigenvalue weighted by Gasteiger charge is -2.06. The minimum absolute atomic E-state index is 0.101. The number of nitriles is 1. The Morgan fingerprint density at radius 2 is 1.75 bits per heavy atom. The summed E-state index contributed by atoms with van der Waals surface area (Å²) in [5.41, 5.74) is -0.608. The second-order valence-corrected chi connectivity index (χ2v) is 9.18. The highest BCUT2D eigenvalue weighted by Crippen LogP contribution is 2.63. The maximum atomic E-state index is 13.0. The summed E-state index contributed by atoms with van der Waals surface area (Å²) in [6, 6.07) is 15.0. The highest BCUT2D eigenvalue weighted by atomic mass is 79.9. The van der Waals surface area contributed by atoms with E-state index in [2.05, 4.69) is 15.9 Å². The Labute approximate surface area is 153 Å². The first kappa shape index (κ1) is 17.4. The van der Waals surface area contributed by atoms with Gasteiger partial charge in [0, 0.05) is 15.4 Å². The molecular formula is C17H13BrClNO3S. The summed E-state index contributed by atoms with van der Waals surface area (Å²) in [6.07, 6.45) is 0. The molecule has 2 aromatic carbocycles. The van der Waals surface area contributed by atoms with Crippen LogP contribution in [0.15, 0.2) is 57.9 Å². The molecule has 0 aromatic heterocycles. The molecule has 4 nitrogen and oxygen atoms in total. The standard InChI is InChI=1S/C17H13BrClNO3S/c18-12-3-1-11(2-4-12)15-16(17(15,9-20)10-21)24(22,23)14-7-5-13(19)6-8-14/h1-8,15-16,21H,10H2/t15-,16+,17-/m0/s1. The van der Waals surface area contributed by atoms with Crippen molar-refractivity contribution in [3.8, 4) is 6.07 Å². The third-order valence-corrected chi connectivity index (χ3v) is 7.50. The van der Waals surface area contributed by atoms with E-state index in [1.165, 1.54) is 24.3 Å². The van der Waals surface area contributed by atoms with Gasteiger partial charge in [0.1, 0.15) is 5.41 Å². The third-order valence-electron chi connectivity index (χ3n) is 4.43. The summed E-state index contributed by atoms with van der Waals surface area (Å²) in [7, 11) is -3.77. The topological polar surface area (TPSA) is 78.2 Å². The molecule has 0 heterocycles. The van der Waals surface area contributed by atoms with Crippen LogP contribution < -0.4 is 0 Å². The number of sulfone groups is 1. The van der Waals surface area contributed by atoms with Crippen LogP contribution in [0.1, 0.15) is 11.5 Å². The fourth-order valence-corrected chi connectivity index (χ4v) is 5.84. The average Bonchev–Trinajstić information content (AvgIpc) is 3.26. The predicted octanol–water partition coefficient (Wildman–Crippen LogP) is 3.54. The van der Waals surface area contributed by atoms with Gasteiger partial charge in [0.2, 0.25) is 0 Å². The second kappa shape index (κ2) is 6.16. The molecule has 3 atom stereocenters. The molecule has 1 N–H and O–H groups in total. The Morgan fingerprint density at radius 1 is 1.17 bits per heavy atom. The maximum Gasteiger partial charge on any atom is 0.183 e. The first-order valence-corrected chi connectivity index (χ1v) is 9.85. The first-order chi connectivity index (χ1) is 11.4. The molecule has 1 aliphatic carbocycles. The summed E-state index contributed by atoms with van der Waals surface area (Å²) in [4.78, 5) is 0.101. The Kier molecular flexibility index (Phi) is 4.47. The number of hydrogen-bond donors (Lipinski definition) is 1. The van der Waals surface area contributed by atoms with Crippen molar-refractivity contribution in [2.75, 3.05) is 6.61 Å². The predicted molar refractivity (Wildman–Crippen MR) is 94.4 cm³/mol. The van der Waals surface area contributed by atoms with Gasteiger partial charge in [-0.25, -0.2) is 8.42 Å². The van der Waals surface area contributed by atoms with Crippen LogP contribution in [0.25, 0.3) is 0 Å². The number of aliphatic hydroxyl groups excluding tert-OH is 1. The number of aliphatic hydroxyl groups is 1. The zero-order valence-electron chi connectivity index (χ0n) is 12.4. The SMILES string of the molecule is N#C[C@@]1(CO)[C@H](S(=O)(=O)c2ccc(Cl)cc2)[C@@H]1c1ccc(Br)cc1. The summed E-state index contributed by atoms with van der Waals surface area (Å²) >= 11 is 9.15. The van der Waals surface area contributed by atoms with Crippen molar-refractivity contribution in [2.45, 2.75) is 16.1 Å². The van der Waals surface area contributed by atoms with Crippen LogP contribution in [0.2, 0.25) is 5.02 Å². The Balaban J connectivity index is 2.06. The van der Waals surface area contributed by atoms with Crippen molar-refractivity contribution in [3.63, 3.8) is 0 Å². The Hall–Kier alpha value is -1.39. The third kappa shape index (κ3) is 2.66. The van der Waals surface area contributed by atoms with Gasteiger partial charge in [-0.05, 0) is 42.0 Å². The molecule has 124 valence electrons. The van der Waals surface area contributed by atoms with Crippen LogP contribution in [0.5, 0.6) is 0 Å². The van der Waals surface area contributed by atoms with Gasteiger partial charge < -0.3 is 5.11 Å². The summed E-state index contributed by atoms with van der Waals surface area (Å²) < 4.78 is 26.8. The van der Waals surface area contributed by atoms with Crippen LogP contribution in [0, 0.1) is 16.7 Å². The number of hydrogen-bond acceptors (Lipinski definition) is 4. The molecule has 0 radical (unpaired) electrons. The minimum atomic E-state index is -3.77. The molecule has 0 amide bonds. The Bertz CT molecular complexity index is 906. The fraction of sp³-hybridized carbons (Fsp3) is 0.235. The monoisotopic (exact) mass is 425 g/mol. The van der Waals surface area contributed by atoms with Crippen molar-refractivity contribution in [2.24, 2.45) is 5.41 Å². The van der Waals surface area contributed by atoms with E-state index < -0.39 is 33.0 Å². The molecule has 1 aliphatic rings. The van der Waals surface area contributed by atoms with Crippen LogP contribution >= 0.6 is 27.5 Å². The normalized spacial score (nSPS) is 25.9. The lowest BCUT2D eigenvalue weighted by molar-refractivity contribution is 0.242. The average molecular weight is 427 g/mol. The molecule has 0 saturated heterocycles. The quantitative estimate of drug-likeness (QED) is 0.811. The van der Waals surface area contributed by atoms with Gasteiger partial charge in [0.25, 0.3) is 0 Å². The van der Waals surface area contributed by atoms with E-state index in [-0.39, 0.29) is 4.90 Å². The van der Waals surface area contributed by atoms with Gasteiger partial charge in [-0.1, -0.05) is 39.7 Å². The number of benzene rings is 2. The largest absolute Gasteiger partial charge is 0.395 e. The molecular weight excluding hydrogens is 414 g/mol. The van der Waals surface area contributed by atoms with Gasteiger partial charge >= 0.3 is 0 Å². The van der Waals surface area contributed by atoms with Gasteiger partial charge in [0.05, 0.1) is 22.8 Å². The summed E-state index contributed by atoms with van der Waals surface area (Å²) in [6.45, 7) is -0.512. The van der Waals surface area contributed by atoms with Crippen LogP contribution in [0.4, 0.5) is 0 Å². The van der Waals surface area contributed by atoms with Crippen molar-refractivity contribution in [1.82, 2.24) is 0 Å². The van der Waals surface area contributed by atoms with E-state index in [0.717, 1.165) is 10.0 Å². The Morgan fingerprint density at radius 3 is 2.25 bits per heavy atom. The smallest absolute Gasteiger partial charge is 0.183 e. The molecule has 0 aliphatic heterocycles. The van der Waals surface area contributed by atoms with Crippen molar-refractivity contribution in [1.29, 1.82) is 5.26 Å². The number of nitrogens with zero attached hydrogens (tertiary/aromatic N) is 1. The van der Waals surface area contributed by atoms with Gasteiger partial charge in [-0.3, -0.25) is 0 Å². The number of rotatable bonds is 4. The van der Waals surface area contributed by atoms with E-state index in [1.54, 1.807) is 24.3 Å². The molecule has 0 bridgehead atoms. The lowest BCUT2D eigenvalue weighted by Crippen LogP contribution is -2.18. The molecule has 2 aromatic rings. The van der Waals surface area contributed by atoms with E-state index in [1.807, 2.05) is 6.07 Å². The van der Waals surface area contributed by atoms with Gasteiger partial charge in [-0.2, -0.15) is 5.26 Å². The van der Waals surface area contributed by atoms with Gasteiger partial charge in [-0.15, -0.1) is 0 Å². The fourth-order valence-electron chi connectivity index (χ4n) is 3.13. The highest BCUT2D eigenvalue weighted by Gasteiger charge is 2.72. The molecule has 24 heavy (non-hydrogen) atoms. The van der Waals surface area contributed by atoms with E-state index >= 15 is 0 Å². The van der Waals surface area contributed by atoms with Crippen molar-refractivity contribution in [3.05, 3.63) is 63.6 Å². The molecule has 7 heteroatoms. The van der Waals surface area contributed by atoms with Crippen molar-refractivity contribution >= 4 is 37.4 Å². The first-order valence-electron chi connectivity index (χ1n) is 7.14. The number of halogens is 2. The van der Waals surface area contributed by atoms with Crippen LogP contribution in [-0.2, 0) is 9.84 Å². The molecule has 0 unspecified atom stereocenters. The second-order valence-electron chi connectivity index (χ2n) is 5.76. The van der Waals surface area contributed by atoms with E-state index in [0.29, 0.717) is 5.02 Å². The highest BCUT2D eigenvalue weighted by molar-refractivity contribution is 9.10. The zero-order chi connectivity index (χ0) is 17.5. The van der Waals surface area contributed by atoms with E-state index in [9.17, 15) is 18.8 Å².